The average Bonchev–Trinajstić information content (AvgIpc) is 2.01. The maximum atomic E-state index is 5.50. The molecular weight excluding hydrogens is 134 g/mol. The van der Waals surface area contributed by atoms with Crippen LogP contribution in [0.15, 0.2) is 24.3 Å². The van der Waals surface area contributed by atoms with Gasteiger partial charge in [-0.15, -0.1) is 0 Å². The van der Waals surface area contributed by atoms with Gasteiger partial charge in [-0.25, -0.2) is 0 Å². The molecule has 58 valence electrons. The van der Waals surface area contributed by atoms with Crippen molar-refractivity contribution in [2.75, 3.05) is 6.54 Å². The lowest BCUT2D eigenvalue weighted by molar-refractivity contribution is 0.567. The zero-order chi connectivity index (χ0) is 7.68. The molecule has 2 N–H and O–H groups in total. The highest BCUT2D eigenvalue weighted by Crippen LogP contribution is 2.36. The molecule has 0 fully saturated rings. The van der Waals surface area contributed by atoms with Crippen molar-refractivity contribution in [1.82, 2.24) is 0 Å². The summed E-state index contributed by atoms with van der Waals surface area (Å²) in [6.07, 6.45) is 2.39. The Kier molecular flexibility index (Phi) is 1.66. The summed E-state index contributed by atoms with van der Waals surface area (Å²) >= 11 is 0. The molecule has 0 aliphatic heterocycles. The van der Waals surface area contributed by atoms with Gasteiger partial charge in [-0.1, -0.05) is 24.3 Å². The first-order chi connectivity index (χ1) is 5.42. The summed E-state index contributed by atoms with van der Waals surface area (Å²) in [6, 6.07) is 8.65. The Morgan fingerprint density at radius 3 is 2.91 bits per heavy atom. The Morgan fingerprint density at radius 1 is 1.36 bits per heavy atom. The average molecular weight is 147 g/mol. The van der Waals surface area contributed by atoms with E-state index in [0.29, 0.717) is 0 Å². The Morgan fingerprint density at radius 2 is 2.18 bits per heavy atom. The quantitative estimate of drug-likeness (QED) is 0.676. The Balaban J connectivity index is 2.16. The summed E-state index contributed by atoms with van der Waals surface area (Å²) in [5.74, 6) is 0.760. The van der Waals surface area contributed by atoms with Gasteiger partial charge < -0.3 is 5.73 Å². The molecular formula is C10H13N. The summed E-state index contributed by atoms with van der Waals surface area (Å²) in [5.41, 5.74) is 8.54. The fourth-order valence-electron chi connectivity index (χ4n) is 1.82. The van der Waals surface area contributed by atoms with E-state index in [1.54, 1.807) is 0 Å². The van der Waals surface area contributed by atoms with Gasteiger partial charge >= 0.3 is 0 Å². The van der Waals surface area contributed by atoms with Crippen molar-refractivity contribution < 1.29 is 0 Å². The van der Waals surface area contributed by atoms with E-state index < -0.39 is 0 Å². The SMILES string of the molecule is NCCC1Cc2ccccc21. The first-order valence-electron chi connectivity index (χ1n) is 4.19. The lowest BCUT2D eigenvalue weighted by Gasteiger charge is -2.29. The molecule has 0 aromatic heterocycles. The van der Waals surface area contributed by atoms with Crippen LogP contribution >= 0.6 is 0 Å². The second-order valence-electron chi connectivity index (χ2n) is 3.18. The van der Waals surface area contributed by atoms with Gasteiger partial charge in [0, 0.05) is 0 Å². The molecule has 0 saturated heterocycles. The number of benzene rings is 1. The third-order valence-corrected chi connectivity index (χ3v) is 2.48. The molecule has 1 atom stereocenters. The van der Waals surface area contributed by atoms with Gasteiger partial charge in [0.05, 0.1) is 0 Å². The van der Waals surface area contributed by atoms with Crippen LogP contribution in [0, 0.1) is 0 Å². The second kappa shape index (κ2) is 2.67. The topological polar surface area (TPSA) is 26.0 Å². The lowest BCUT2D eigenvalue weighted by atomic mass is 9.76. The van der Waals surface area contributed by atoms with Crippen LogP contribution < -0.4 is 5.73 Å². The van der Waals surface area contributed by atoms with Gasteiger partial charge in [0.25, 0.3) is 0 Å². The fourth-order valence-corrected chi connectivity index (χ4v) is 1.82. The van der Waals surface area contributed by atoms with E-state index in [1.165, 1.54) is 17.5 Å². The minimum atomic E-state index is 0.760. The molecule has 1 aliphatic rings. The highest BCUT2D eigenvalue weighted by Gasteiger charge is 2.23. The molecule has 1 unspecified atom stereocenters. The summed E-state index contributed by atoms with van der Waals surface area (Å²) in [6.45, 7) is 0.818. The summed E-state index contributed by atoms with van der Waals surface area (Å²) in [4.78, 5) is 0. The molecule has 0 amide bonds. The van der Waals surface area contributed by atoms with Crippen molar-refractivity contribution in [2.45, 2.75) is 18.8 Å². The minimum absolute atomic E-state index is 0.760. The second-order valence-corrected chi connectivity index (χ2v) is 3.18. The van der Waals surface area contributed by atoms with E-state index in [-0.39, 0.29) is 0 Å². The van der Waals surface area contributed by atoms with Crippen molar-refractivity contribution in [1.29, 1.82) is 0 Å². The third kappa shape index (κ3) is 1.05. The van der Waals surface area contributed by atoms with Crippen molar-refractivity contribution in [2.24, 2.45) is 5.73 Å². The van der Waals surface area contributed by atoms with Gasteiger partial charge in [-0.05, 0) is 36.4 Å². The molecule has 1 aromatic carbocycles. The number of hydrogen-bond donors (Lipinski definition) is 1. The molecule has 1 aliphatic carbocycles. The van der Waals surface area contributed by atoms with E-state index in [2.05, 4.69) is 24.3 Å². The standard InChI is InChI=1S/C10H13N/c11-6-5-9-7-8-3-1-2-4-10(8)9/h1-4,9H,5-7,11H2. The largest absolute Gasteiger partial charge is 0.330 e. The smallest absolute Gasteiger partial charge is 0.00713 e. The third-order valence-electron chi connectivity index (χ3n) is 2.48. The van der Waals surface area contributed by atoms with Gasteiger partial charge in [0.15, 0.2) is 0 Å². The molecule has 0 saturated carbocycles. The van der Waals surface area contributed by atoms with E-state index in [9.17, 15) is 0 Å². The molecule has 0 spiro atoms. The van der Waals surface area contributed by atoms with Crippen LogP contribution in [0.4, 0.5) is 0 Å². The van der Waals surface area contributed by atoms with Crippen molar-refractivity contribution in [3.63, 3.8) is 0 Å². The van der Waals surface area contributed by atoms with E-state index >= 15 is 0 Å². The summed E-state index contributed by atoms with van der Waals surface area (Å²) in [5, 5.41) is 0. The molecule has 1 nitrogen and oxygen atoms in total. The van der Waals surface area contributed by atoms with Crippen LogP contribution in [-0.2, 0) is 6.42 Å². The van der Waals surface area contributed by atoms with E-state index in [0.717, 1.165) is 18.9 Å². The summed E-state index contributed by atoms with van der Waals surface area (Å²) < 4.78 is 0. The molecule has 2 rings (SSSR count). The van der Waals surface area contributed by atoms with Crippen LogP contribution in [-0.4, -0.2) is 6.54 Å². The number of rotatable bonds is 2. The normalized spacial score (nSPS) is 20.6. The first kappa shape index (κ1) is 6.86. The van der Waals surface area contributed by atoms with Crippen LogP contribution in [0.3, 0.4) is 0 Å². The maximum Gasteiger partial charge on any atom is -0.00713 e. The van der Waals surface area contributed by atoms with Crippen molar-refractivity contribution in [3.05, 3.63) is 35.4 Å². The van der Waals surface area contributed by atoms with Crippen LogP contribution in [0.25, 0.3) is 0 Å². The van der Waals surface area contributed by atoms with Crippen LogP contribution in [0.2, 0.25) is 0 Å². The lowest BCUT2D eigenvalue weighted by Crippen LogP contribution is -2.19. The molecule has 0 heterocycles. The Bertz CT molecular complexity index is 255. The molecule has 1 aromatic rings. The van der Waals surface area contributed by atoms with Gasteiger partial charge in [-0.3, -0.25) is 0 Å². The number of fused-ring (bicyclic) bond motifs is 1. The van der Waals surface area contributed by atoms with Crippen molar-refractivity contribution >= 4 is 0 Å². The van der Waals surface area contributed by atoms with Crippen LogP contribution in [0.1, 0.15) is 23.5 Å². The first-order valence-corrected chi connectivity index (χ1v) is 4.19. The van der Waals surface area contributed by atoms with Crippen molar-refractivity contribution in [3.8, 4) is 0 Å². The number of nitrogens with two attached hydrogens (primary N) is 1. The van der Waals surface area contributed by atoms with Crippen LogP contribution in [0.5, 0.6) is 0 Å². The highest BCUT2D eigenvalue weighted by molar-refractivity contribution is 5.39. The molecule has 0 radical (unpaired) electrons. The Hall–Kier alpha value is -0.820. The zero-order valence-corrected chi connectivity index (χ0v) is 6.59. The monoisotopic (exact) mass is 147 g/mol. The molecule has 1 heteroatoms. The predicted octanol–water partition coefficient (Wildman–Crippen LogP) is 1.68. The maximum absolute atomic E-state index is 5.50. The van der Waals surface area contributed by atoms with Gasteiger partial charge in [-0.2, -0.15) is 0 Å². The Labute approximate surface area is 67.2 Å². The van der Waals surface area contributed by atoms with Gasteiger partial charge in [0.1, 0.15) is 0 Å². The molecule has 0 bridgehead atoms. The van der Waals surface area contributed by atoms with E-state index in [1.807, 2.05) is 0 Å². The highest BCUT2D eigenvalue weighted by atomic mass is 14.5. The summed E-state index contributed by atoms with van der Waals surface area (Å²) in [7, 11) is 0. The minimum Gasteiger partial charge on any atom is -0.330 e. The van der Waals surface area contributed by atoms with E-state index in [4.69, 9.17) is 5.73 Å². The van der Waals surface area contributed by atoms with Gasteiger partial charge in [0.2, 0.25) is 0 Å². The zero-order valence-electron chi connectivity index (χ0n) is 6.59. The fraction of sp³-hybridized carbons (Fsp3) is 0.400. The predicted molar refractivity (Wildman–Crippen MR) is 46.6 cm³/mol. The molecule has 11 heavy (non-hydrogen) atoms. The number of hydrogen-bond acceptors (Lipinski definition) is 1.